The Hall–Kier alpha value is -1.18. The standard InChI is InChI=1S/C18H28INO4/c1-5-6-9-22-15-11-14(19)12-16(13-15)23-10-7-8-20-17(21)24-18(2,3)4/h11-13H,5-10H2,1-4H3,(H,20,21). The van der Waals surface area contributed by atoms with Crippen molar-refractivity contribution < 1.29 is 19.0 Å². The summed E-state index contributed by atoms with van der Waals surface area (Å²) in [7, 11) is 0. The average Bonchev–Trinajstić information content (AvgIpc) is 2.45. The molecule has 1 N–H and O–H groups in total. The van der Waals surface area contributed by atoms with Crippen molar-refractivity contribution >= 4 is 28.7 Å². The Labute approximate surface area is 158 Å². The largest absolute Gasteiger partial charge is 0.493 e. The smallest absolute Gasteiger partial charge is 0.407 e. The zero-order valence-corrected chi connectivity index (χ0v) is 17.1. The third-order valence-corrected chi connectivity index (χ3v) is 3.49. The molecule has 0 atom stereocenters. The molecular formula is C18H28INO4. The van der Waals surface area contributed by atoms with Gasteiger partial charge in [0.1, 0.15) is 17.1 Å². The second-order valence-corrected chi connectivity index (χ2v) is 7.70. The molecule has 0 aliphatic heterocycles. The molecule has 1 rings (SSSR count). The van der Waals surface area contributed by atoms with Crippen LogP contribution in [-0.4, -0.2) is 31.5 Å². The van der Waals surface area contributed by atoms with Crippen LogP contribution in [0.15, 0.2) is 18.2 Å². The molecule has 6 heteroatoms. The van der Waals surface area contributed by atoms with Crippen molar-refractivity contribution in [2.75, 3.05) is 19.8 Å². The average molecular weight is 449 g/mol. The molecule has 1 amide bonds. The highest BCUT2D eigenvalue weighted by molar-refractivity contribution is 14.1. The van der Waals surface area contributed by atoms with Crippen LogP contribution in [0.4, 0.5) is 4.79 Å². The number of benzene rings is 1. The van der Waals surface area contributed by atoms with E-state index < -0.39 is 11.7 Å². The maximum atomic E-state index is 11.5. The van der Waals surface area contributed by atoms with Gasteiger partial charge in [0.2, 0.25) is 0 Å². The molecule has 0 bridgehead atoms. The molecule has 0 heterocycles. The maximum Gasteiger partial charge on any atom is 0.407 e. The van der Waals surface area contributed by atoms with E-state index >= 15 is 0 Å². The van der Waals surface area contributed by atoms with E-state index in [0.29, 0.717) is 19.6 Å². The zero-order chi connectivity index (χ0) is 18.0. The van der Waals surface area contributed by atoms with Crippen molar-refractivity contribution in [3.05, 3.63) is 21.8 Å². The molecule has 0 aromatic heterocycles. The molecule has 5 nitrogen and oxygen atoms in total. The van der Waals surface area contributed by atoms with E-state index in [1.54, 1.807) is 0 Å². The van der Waals surface area contributed by atoms with Gasteiger partial charge in [-0.3, -0.25) is 0 Å². The Morgan fingerprint density at radius 2 is 1.67 bits per heavy atom. The summed E-state index contributed by atoms with van der Waals surface area (Å²) in [5.74, 6) is 1.61. The number of unbranched alkanes of at least 4 members (excludes halogenated alkanes) is 1. The Kier molecular flexibility index (Phi) is 9.25. The first-order valence-electron chi connectivity index (χ1n) is 8.33. The lowest BCUT2D eigenvalue weighted by atomic mass is 10.2. The van der Waals surface area contributed by atoms with Crippen LogP contribution in [0.1, 0.15) is 47.0 Å². The van der Waals surface area contributed by atoms with Gasteiger partial charge in [0.15, 0.2) is 0 Å². The van der Waals surface area contributed by atoms with E-state index in [9.17, 15) is 4.79 Å². The molecule has 1 aromatic rings. The van der Waals surface area contributed by atoms with Crippen LogP contribution < -0.4 is 14.8 Å². The van der Waals surface area contributed by atoms with E-state index in [0.717, 1.165) is 34.5 Å². The van der Waals surface area contributed by atoms with Crippen molar-refractivity contribution in [3.8, 4) is 11.5 Å². The summed E-state index contributed by atoms with van der Waals surface area (Å²) >= 11 is 2.25. The molecule has 0 unspecified atom stereocenters. The number of nitrogens with one attached hydrogen (secondary N) is 1. The predicted octanol–water partition coefficient (Wildman–Crippen LogP) is 4.76. The number of ether oxygens (including phenoxy) is 3. The summed E-state index contributed by atoms with van der Waals surface area (Å²) in [6, 6.07) is 5.86. The van der Waals surface area contributed by atoms with Gasteiger partial charge in [-0.05, 0) is 68.3 Å². The maximum absolute atomic E-state index is 11.5. The molecule has 0 saturated carbocycles. The number of alkyl carbamates (subject to hydrolysis) is 1. The van der Waals surface area contributed by atoms with E-state index in [-0.39, 0.29) is 0 Å². The van der Waals surface area contributed by atoms with Gasteiger partial charge >= 0.3 is 6.09 Å². The van der Waals surface area contributed by atoms with Gasteiger partial charge < -0.3 is 19.5 Å². The van der Waals surface area contributed by atoms with Crippen LogP contribution in [0.2, 0.25) is 0 Å². The second-order valence-electron chi connectivity index (χ2n) is 6.46. The highest BCUT2D eigenvalue weighted by Crippen LogP contribution is 2.24. The van der Waals surface area contributed by atoms with Crippen LogP contribution in [0.25, 0.3) is 0 Å². The number of halogens is 1. The van der Waals surface area contributed by atoms with Crippen LogP contribution in [0.5, 0.6) is 11.5 Å². The van der Waals surface area contributed by atoms with Crippen molar-refractivity contribution in [3.63, 3.8) is 0 Å². The minimum Gasteiger partial charge on any atom is -0.493 e. The van der Waals surface area contributed by atoms with Crippen molar-refractivity contribution in [1.29, 1.82) is 0 Å². The first-order valence-corrected chi connectivity index (χ1v) is 9.41. The second kappa shape index (κ2) is 10.6. The Morgan fingerprint density at radius 3 is 2.21 bits per heavy atom. The minimum absolute atomic E-state index is 0.400. The predicted molar refractivity (Wildman–Crippen MR) is 104 cm³/mol. The minimum atomic E-state index is -0.477. The SMILES string of the molecule is CCCCOc1cc(I)cc(OCCCNC(=O)OC(C)(C)C)c1. The lowest BCUT2D eigenvalue weighted by molar-refractivity contribution is 0.0525. The quantitative estimate of drug-likeness (QED) is 0.436. The van der Waals surface area contributed by atoms with Crippen LogP contribution in [0, 0.1) is 3.57 Å². The number of amides is 1. The van der Waals surface area contributed by atoms with E-state index in [1.807, 2.05) is 39.0 Å². The van der Waals surface area contributed by atoms with Gasteiger partial charge in [-0.25, -0.2) is 4.79 Å². The van der Waals surface area contributed by atoms with Crippen molar-refractivity contribution in [2.45, 2.75) is 52.6 Å². The highest BCUT2D eigenvalue weighted by Gasteiger charge is 2.15. The molecule has 24 heavy (non-hydrogen) atoms. The molecule has 0 aliphatic carbocycles. The molecule has 0 aliphatic rings. The number of carbonyl (C=O) groups is 1. The summed E-state index contributed by atoms with van der Waals surface area (Å²) < 4.78 is 17.7. The van der Waals surface area contributed by atoms with Gasteiger partial charge in [-0.2, -0.15) is 0 Å². The Bertz CT molecular complexity index is 514. The Morgan fingerprint density at radius 1 is 1.08 bits per heavy atom. The molecule has 1 aromatic carbocycles. The summed E-state index contributed by atoms with van der Waals surface area (Å²) in [4.78, 5) is 11.5. The van der Waals surface area contributed by atoms with Crippen LogP contribution in [0.3, 0.4) is 0 Å². The number of hydrogen-bond donors (Lipinski definition) is 1. The summed E-state index contributed by atoms with van der Waals surface area (Å²) in [6.07, 6.45) is 2.45. The summed E-state index contributed by atoms with van der Waals surface area (Å²) in [6.45, 7) is 9.41. The monoisotopic (exact) mass is 449 g/mol. The Balaban J connectivity index is 2.30. The van der Waals surface area contributed by atoms with Crippen LogP contribution in [-0.2, 0) is 4.74 Å². The fraction of sp³-hybridized carbons (Fsp3) is 0.611. The third-order valence-electron chi connectivity index (χ3n) is 2.87. The fourth-order valence-corrected chi connectivity index (χ4v) is 2.42. The summed E-state index contributed by atoms with van der Waals surface area (Å²) in [5, 5.41) is 2.72. The van der Waals surface area contributed by atoms with E-state index in [4.69, 9.17) is 14.2 Å². The number of carbonyl (C=O) groups excluding carboxylic acids is 1. The van der Waals surface area contributed by atoms with Gasteiger partial charge in [-0.1, -0.05) is 13.3 Å². The molecule has 0 radical (unpaired) electrons. The molecule has 136 valence electrons. The lowest BCUT2D eigenvalue weighted by Crippen LogP contribution is -2.33. The third kappa shape index (κ3) is 9.85. The highest BCUT2D eigenvalue weighted by atomic mass is 127. The normalized spacial score (nSPS) is 11.0. The van der Waals surface area contributed by atoms with Gasteiger partial charge in [0.05, 0.1) is 13.2 Å². The van der Waals surface area contributed by atoms with Gasteiger partial charge in [-0.15, -0.1) is 0 Å². The van der Waals surface area contributed by atoms with Crippen molar-refractivity contribution in [1.82, 2.24) is 5.32 Å². The van der Waals surface area contributed by atoms with Gasteiger partial charge in [0, 0.05) is 16.2 Å². The first-order chi connectivity index (χ1) is 11.3. The fourth-order valence-electron chi connectivity index (χ4n) is 1.80. The summed E-state index contributed by atoms with van der Waals surface area (Å²) in [5.41, 5.74) is -0.477. The number of hydrogen-bond acceptors (Lipinski definition) is 4. The van der Waals surface area contributed by atoms with Crippen molar-refractivity contribution in [2.24, 2.45) is 0 Å². The van der Waals surface area contributed by atoms with Crippen LogP contribution >= 0.6 is 22.6 Å². The topological polar surface area (TPSA) is 56.8 Å². The van der Waals surface area contributed by atoms with Gasteiger partial charge in [0.25, 0.3) is 0 Å². The number of rotatable bonds is 9. The molecule has 0 spiro atoms. The first kappa shape index (κ1) is 20.9. The lowest BCUT2D eigenvalue weighted by Gasteiger charge is -2.19. The zero-order valence-electron chi connectivity index (χ0n) is 15.0. The van der Waals surface area contributed by atoms with E-state index in [2.05, 4.69) is 34.8 Å². The molecule has 0 fully saturated rings. The van der Waals surface area contributed by atoms with E-state index in [1.165, 1.54) is 0 Å². The molecular weight excluding hydrogens is 421 g/mol. The molecule has 0 saturated heterocycles.